The number of nitrogens with one attached hydrogen (secondary N) is 2. The Balaban J connectivity index is 1.55. The number of rotatable bonds is 13. The molecule has 0 aromatic carbocycles. The van der Waals surface area contributed by atoms with Crippen LogP contribution >= 0.6 is 0 Å². The van der Waals surface area contributed by atoms with Crippen LogP contribution in [0.4, 0.5) is 0 Å². The van der Waals surface area contributed by atoms with Gasteiger partial charge >= 0.3 is 0 Å². The van der Waals surface area contributed by atoms with Gasteiger partial charge in [0.05, 0.1) is 30.7 Å². The average Bonchev–Trinajstić information content (AvgIpc) is 3.49. The summed E-state index contributed by atoms with van der Waals surface area (Å²) in [5, 5.41) is 15.3. The van der Waals surface area contributed by atoms with Crippen molar-refractivity contribution in [2.24, 2.45) is 11.8 Å². The van der Waals surface area contributed by atoms with Crippen molar-refractivity contribution in [3.63, 3.8) is 0 Å². The highest BCUT2D eigenvalue weighted by Gasteiger charge is 2.78. The van der Waals surface area contributed by atoms with E-state index in [-0.39, 0.29) is 24.3 Å². The molecule has 2 unspecified atom stereocenters. The molecule has 3 amide bonds. The second kappa shape index (κ2) is 11.8. The molecule has 5 atom stereocenters. The summed E-state index contributed by atoms with van der Waals surface area (Å²) >= 11 is 0. The van der Waals surface area contributed by atoms with Gasteiger partial charge in [0, 0.05) is 45.9 Å². The number of amides is 3. The summed E-state index contributed by atoms with van der Waals surface area (Å²) in [6.07, 6.45) is 4.83. The van der Waals surface area contributed by atoms with Gasteiger partial charge in [-0.3, -0.25) is 19.3 Å². The molecule has 0 saturated carbocycles. The van der Waals surface area contributed by atoms with Crippen LogP contribution in [0.2, 0.25) is 0 Å². The zero-order valence-corrected chi connectivity index (χ0v) is 21.9. The standard InChI is InChI=1S/C26H44N4O6/c1-3-10-27-22(32)19-20-24(34)30(12-6-5-7-16-31)21(26(20)9-8-25(19,4-2)36-26)23(33)28-11-13-29-14-17-35-18-15-29/h19-21,31H,3-18H2,1-2H3,(H,27,32)(H,28,33)/t19-,20+,21?,25+,26?/m1/s1. The maximum Gasteiger partial charge on any atom is 0.245 e. The lowest BCUT2D eigenvalue weighted by Crippen LogP contribution is -2.56. The van der Waals surface area contributed by atoms with Gasteiger partial charge in [0.2, 0.25) is 17.7 Å². The van der Waals surface area contributed by atoms with E-state index in [0.717, 1.165) is 32.5 Å². The minimum absolute atomic E-state index is 0.105. The Morgan fingerprint density at radius 2 is 1.78 bits per heavy atom. The molecule has 4 aliphatic rings. The number of carbonyl (C=O) groups excluding carboxylic acids is 3. The minimum Gasteiger partial charge on any atom is -0.396 e. The van der Waals surface area contributed by atoms with Gasteiger partial charge in [-0.05, 0) is 44.9 Å². The molecule has 4 saturated heterocycles. The van der Waals surface area contributed by atoms with Crippen LogP contribution in [0.15, 0.2) is 0 Å². The van der Waals surface area contributed by atoms with Crippen LogP contribution in [0.5, 0.6) is 0 Å². The quantitative estimate of drug-likeness (QED) is 0.306. The van der Waals surface area contributed by atoms with E-state index in [2.05, 4.69) is 15.5 Å². The lowest BCUT2D eigenvalue weighted by molar-refractivity contribution is -0.147. The fraction of sp³-hybridized carbons (Fsp3) is 0.885. The molecular formula is C26H44N4O6. The van der Waals surface area contributed by atoms with Crippen molar-refractivity contribution < 1.29 is 29.0 Å². The van der Waals surface area contributed by atoms with Crippen LogP contribution in [-0.4, -0.2) is 109 Å². The van der Waals surface area contributed by atoms with Gasteiger partial charge in [-0.15, -0.1) is 0 Å². The Hall–Kier alpha value is -1.75. The number of carbonyl (C=O) groups is 3. The van der Waals surface area contributed by atoms with Crippen molar-refractivity contribution in [2.45, 2.75) is 76.0 Å². The lowest BCUT2D eigenvalue weighted by atomic mass is 9.65. The van der Waals surface area contributed by atoms with E-state index in [1.165, 1.54) is 0 Å². The van der Waals surface area contributed by atoms with E-state index in [1.54, 1.807) is 4.90 Å². The summed E-state index contributed by atoms with van der Waals surface area (Å²) in [7, 11) is 0. The molecule has 3 N–H and O–H groups in total. The molecule has 2 bridgehead atoms. The fourth-order valence-electron chi connectivity index (χ4n) is 6.84. The lowest BCUT2D eigenvalue weighted by Gasteiger charge is -2.34. The molecule has 36 heavy (non-hydrogen) atoms. The zero-order valence-electron chi connectivity index (χ0n) is 21.9. The molecule has 4 fully saturated rings. The second-order valence-electron chi connectivity index (χ2n) is 10.7. The van der Waals surface area contributed by atoms with Gasteiger partial charge in [0.1, 0.15) is 11.6 Å². The molecule has 0 aromatic heterocycles. The number of hydrogen-bond acceptors (Lipinski definition) is 7. The number of hydrogen-bond donors (Lipinski definition) is 3. The molecule has 10 heteroatoms. The maximum absolute atomic E-state index is 13.9. The van der Waals surface area contributed by atoms with Gasteiger partial charge in [-0.25, -0.2) is 0 Å². The van der Waals surface area contributed by atoms with E-state index >= 15 is 0 Å². The van der Waals surface area contributed by atoms with Crippen molar-refractivity contribution in [2.75, 3.05) is 59.1 Å². The van der Waals surface area contributed by atoms with Crippen molar-refractivity contribution in [3.8, 4) is 0 Å². The number of morpholine rings is 1. The third-order valence-corrected chi connectivity index (χ3v) is 8.65. The predicted octanol–water partition coefficient (Wildman–Crippen LogP) is 0.278. The smallest absolute Gasteiger partial charge is 0.245 e. The summed E-state index contributed by atoms with van der Waals surface area (Å²) in [6.45, 7) is 9.40. The van der Waals surface area contributed by atoms with E-state index in [0.29, 0.717) is 65.0 Å². The molecule has 4 heterocycles. The summed E-state index contributed by atoms with van der Waals surface area (Å²) in [5.41, 5.74) is -1.67. The highest BCUT2D eigenvalue weighted by molar-refractivity contribution is 5.99. The van der Waals surface area contributed by atoms with E-state index in [1.807, 2.05) is 13.8 Å². The summed E-state index contributed by atoms with van der Waals surface area (Å²) in [5.74, 6) is -1.69. The van der Waals surface area contributed by atoms with E-state index in [4.69, 9.17) is 9.47 Å². The Bertz CT molecular complexity index is 805. The fourth-order valence-corrected chi connectivity index (χ4v) is 6.84. The number of ether oxygens (including phenoxy) is 2. The first-order valence-electron chi connectivity index (χ1n) is 13.9. The number of fused-ring (bicyclic) bond motifs is 1. The zero-order chi connectivity index (χ0) is 25.8. The van der Waals surface area contributed by atoms with Crippen molar-refractivity contribution in [1.29, 1.82) is 0 Å². The van der Waals surface area contributed by atoms with Crippen LogP contribution in [0.3, 0.4) is 0 Å². The van der Waals surface area contributed by atoms with Crippen LogP contribution in [0, 0.1) is 11.8 Å². The van der Waals surface area contributed by atoms with E-state index in [9.17, 15) is 19.5 Å². The average molecular weight is 509 g/mol. The monoisotopic (exact) mass is 508 g/mol. The second-order valence-corrected chi connectivity index (χ2v) is 10.7. The third kappa shape index (κ3) is 4.89. The molecule has 10 nitrogen and oxygen atoms in total. The van der Waals surface area contributed by atoms with Gasteiger partial charge in [-0.1, -0.05) is 13.8 Å². The maximum atomic E-state index is 13.9. The molecule has 4 rings (SSSR count). The first-order chi connectivity index (χ1) is 17.4. The van der Waals surface area contributed by atoms with Gasteiger partial charge < -0.3 is 30.1 Å². The molecule has 1 spiro atoms. The molecule has 204 valence electrons. The normalized spacial score (nSPS) is 33.7. The molecule has 0 aliphatic carbocycles. The van der Waals surface area contributed by atoms with Crippen LogP contribution in [0.1, 0.15) is 58.8 Å². The predicted molar refractivity (Wildman–Crippen MR) is 133 cm³/mol. The summed E-state index contributed by atoms with van der Waals surface area (Å²) in [6, 6.07) is -0.744. The van der Waals surface area contributed by atoms with Crippen molar-refractivity contribution in [3.05, 3.63) is 0 Å². The first-order valence-corrected chi connectivity index (χ1v) is 13.9. The topological polar surface area (TPSA) is 120 Å². The number of aliphatic hydroxyl groups excluding tert-OH is 1. The number of likely N-dealkylation sites (tertiary alicyclic amines) is 1. The number of aliphatic hydroxyl groups is 1. The Labute approximate surface area is 214 Å². The van der Waals surface area contributed by atoms with Crippen molar-refractivity contribution >= 4 is 17.7 Å². The van der Waals surface area contributed by atoms with Gasteiger partial charge in [-0.2, -0.15) is 0 Å². The van der Waals surface area contributed by atoms with Gasteiger partial charge in [0.15, 0.2) is 0 Å². The summed E-state index contributed by atoms with van der Waals surface area (Å²) < 4.78 is 12.1. The Morgan fingerprint density at radius 1 is 1.03 bits per heavy atom. The van der Waals surface area contributed by atoms with Crippen LogP contribution < -0.4 is 10.6 Å². The highest BCUT2D eigenvalue weighted by Crippen LogP contribution is 2.64. The number of unbranched alkanes of at least 4 members (excludes halogenated alkanes) is 2. The third-order valence-electron chi connectivity index (χ3n) is 8.65. The minimum atomic E-state index is -0.971. The largest absolute Gasteiger partial charge is 0.396 e. The van der Waals surface area contributed by atoms with E-state index < -0.39 is 29.1 Å². The first kappa shape index (κ1) is 27.3. The molecule has 0 radical (unpaired) electrons. The Kier molecular flexibility index (Phi) is 8.91. The molecule has 4 aliphatic heterocycles. The highest BCUT2D eigenvalue weighted by atomic mass is 16.5. The molecule has 0 aromatic rings. The summed E-state index contributed by atoms with van der Waals surface area (Å²) in [4.78, 5) is 45.0. The number of nitrogens with zero attached hydrogens (tertiary/aromatic N) is 2. The van der Waals surface area contributed by atoms with Crippen LogP contribution in [0.25, 0.3) is 0 Å². The molecular weight excluding hydrogens is 464 g/mol. The Morgan fingerprint density at radius 3 is 2.47 bits per heavy atom. The van der Waals surface area contributed by atoms with Crippen molar-refractivity contribution in [1.82, 2.24) is 20.4 Å². The van der Waals surface area contributed by atoms with Gasteiger partial charge in [0.25, 0.3) is 0 Å². The van der Waals surface area contributed by atoms with Crippen LogP contribution in [-0.2, 0) is 23.9 Å². The SMILES string of the molecule is CCCNC(=O)[C@H]1[C@H]2C(=O)N(CCCCCO)C(C(=O)NCCN3CCOCC3)C23CC[C@]1(CC)O3.